The minimum Gasteiger partial charge on any atom is -0.375 e. The molecule has 0 bridgehead atoms. The lowest BCUT2D eigenvalue weighted by atomic mass is 10.1. The van der Waals surface area contributed by atoms with Crippen LogP contribution in [-0.4, -0.2) is 41.2 Å². The van der Waals surface area contributed by atoms with Crippen LogP contribution in [-0.2, 0) is 29.4 Å². The number of nitro groups is 1. The quantitative estimate of drug-likeness (QED) is 0.566. The van der Waals surface area contributed by atoms with Crippen molar-refractivity contribution in [3.8, 4) is 0 Å². The summed E-state index contributed by atoms with van der Waals surface area (Å²) in [7, 11) is -2.49. The highest BCUT2D eigenvalue weighted by molar-refractivity contribution is 7.89. The van der Waals surface area contributed by atoms with Crippen LogP contribution in [0.2, 0.25) is 0 Å². The summed E-state index contributed by atoms with van der Waals surface area (Å²) in [6.07, 6.45) is 2.24. The lowest BCUT2D eigenvalue weighted by molar-refractivity contribution is -0.384. The monoisotopic (exact) mass is 380 g/mol. The average Bonchev–Trinajstić information content (AvgIpc) is 3.04. The van der Waals surface area contributed by atoms with E-state index < -0.39 is 14.9 Å². The lowest BCUT2D eigenvalue weighted by Gasteiger charge is -2.24. The number of nitrogens with one attached hydrogen (secondary N) is 2. The van der Waals surface area contributed by atoms with Crippen LogP contribution in [0.3, 0.4) is 0 Å². The zero-order valence-electron chi connectivity index (χ0n) is 14.5. The van der Waals surface area contributed by atoms with Crippen LogP contribution >= 0.6 is 0 Å². The number of aromatic nitrogens is 3. The maximum atomic E-state index is 11.9. The van der Waals surface area contributed by atoms with Gasteiger partial charge in [0.1, 0.15) is 11.5 Å². The molecular weight excluding hydrogens is 360 g/mol. The molecule has 140 valence electrons. The number of hydrogen-bond donors (Lipinski definition) is 2. The Morgan fingerprint density at radius 2 is 2.19 bits per heavy atom. The summed E-state index contributed by atoms with van der Waals surface area (Å²) in [5, 5.41) is 19.0. The molecule has 0 amide bonds. The number of nitro benzene ring substituents is 1. The van der Waals surface area contributed by atoms with Gasteiger partial charge in [0.2, 0.25) is 10.0 Å². The number of anilines is 1. The number of aryl methyl sites for hydroxylation is 2. The predicted octanol–water partition coefficient (Wildman–Crippen LogP) is 1.08. The number of hydrogen-bond acceptors (Lipinski definition) is 7. The van der Waals surface area contributed by atoms with Crippen molar-refractivity contribution in [3.05, 3.63) is 40.0 Å². The molecule has 0 saturated heterocycles. The van der Waals surface area contributed by atoms with E-state index in [2.05, 4.69) is 20.1 Å². The second-order valence-corrected chi connectivity index (χ2v) is 7.89. The van der Waals surface area contributed by atoms with E-state index >= 15 is 0 Å². The maximum absolute atomic E-state index is 11.9. The first-order valence-corrected chi connectivity index (χ1v) is 9.73. The normalized spacial score (nSPS) is 16.9. The van der Waals surface area contributed by atoms with E-state index in [-0.39, 0.29) is 22.3 Å². The van der Waals surface area contributed by atoms with Gasteiger partial charge in [-0.1, -0.05) is 6.92 Å². The summed E-state index contributed by atoms with van der Waals surface area (Å²) >= 11 is 0. The summed E-state index contributed by atoms with van der Waals surface area (Å²) in [5.41, 5.74) is 0.00860. The number of rotatable bonds is 6. The van der Waals surface area contributed by atoms with Gasteiger partial charge in [-0.2, -0.15) is 5.10 Å². The third-order valence-corrected chi connectivity index (χ3v) is 5.73. The van der Waals surface area contributed by atoms with Crippen LogP contribution in [0.4, 0.5) is 11.4 Å². The summed E-state index contributed by atoms with van der Waals surface area (Å²) in [6.45, 7) is 2.54. The zero-order chi connectivity index (χ0) is 18.9. The van der Waals surface area contributed by atoms with Crippen molar-refractivity contribution in [1.82, 2.24) is 19.5 Å². The van der Waals surface area contributed by atoms with Crippen LogP contribution in [0.25, 0.3) is 0 Å². The van der Waals surface area contributed by atoms with Gasteiger partial charge in [-0.15, -0.1) is 0 Å². The summed E-state index contributed by atoms with van der Waals surface area (Å²) in [5.74, 6) is 1.71. The third-order valence-electron chi connectivity index (χ3n) is 4.32. The van der Waals surface area contributed by atoms with E-state index in [0.717, 1.165) is 37.0 Å². The van der Waals surface area contributed by atoms with Gasteiger partial charge in [-0.25, -0.2) is 22.8 Å². The van der Waals surface area contributed by atoms with Crippen molar-refractivity contribution >= 4 is 21.4 Å². The average molecular weight is 380 g/mol. The number of benzene rings is 1. The van der Waals surface area contributed by atoms with Gasteiger partial charge in [0.15, 0.2) is 5.82 Å². The fourth-order valence-electron chi connectivity index (χ4n) is 2.92. The Hall–Kier alpha value is -2.53. The van der Waals surface area contributed by atoms with Crippen LogP contribution < -0.4 is 10.0 Å². The highest BCUT2D eigenvalue weighted by atomic mass is 32.2. The molecule has 2 aromatic rings. The molecule has 1 aromatic heterocycles. The molecule has 0 aliphatic carbocycles. The Bertz CT molecular complexity index is 940. The maximum Gasteiger partial charge on any atom is 0.293 e. The molecule has 1 aromatic carbocycles. The topological polar surface area (TPSA) is 132 Å². The first-order chi connectivity index (χ1) is 12.3. The van der Waals surface area contributed by atoms with Crippen molar-refractivity contribution in [3.63, 3.8) is 0 Å². The van der Waals surface area contributed by atoms with Gasteiger partial charge in [-0.3, -0.25) is 10.1 Å². The van der Waals surface area contributed by atoms with Crippen LogP contribution in [0, 0.1) is 10.1 Å². The van der Waals surface area contributed by atoms with Gasteiger partial charge < -0.3 is 5.32 Å². The molecule has 3 rings (SSSR count). The molecule has 1 unspecified atom stereocenters. The Morgan fingerprint density at radius 1 is 1.42 bits per heavy atom. The molecule has 1 aliphatic heterocycles. The lowest BCUT2D eigenvalue weighted by Crippen LogP contribution is -2.32. The van der Waals surface area contributed by atoms with E-state index in [4.69, 9.17) is 0 Å². The predicted molar refractivity (Wildman–Crippen MR) is 94.5 cm³/mol. The van der Waals surface area contributed by atoms with E-state index in [9.17, 15) is 18.5 Å². The minimum absolute atomic E-state index is 0.0561. The Morgan fingerprint density at radius 3 is 2.85 bits per heavy atom. The first-order valence-electron chi connectivity index (χ1n) is 8.25. The molecule has 11 heteroatoms. The van der Waals surface area contributed by atoms with Gasteiger partial charge in [0, 0.05) is 24.9 Å². The van der Waals surface area contributed by atoms with Crippen molar-refractivity contribution in [2.24, 2.45) is 0 Å². The fraction of sp³-hybridized carbons (Fsp3) is 0.467. The molecule has 2 heterocycles. The molecule has 1 atom stereocenters. The molecule has 1 aliphatic rings. The highest BCUT2D eigenvalue weighted by Gasteiger charge is 2.25. The van der Waals surface area contributed by atoms with E-state index in [1.54, 1.807) is 0 Å². The molecular formula is C15H20N6O4S. The summed E-state index contributed by atoms with van der Waals surface area (Å²) < 4.78 is 27.7. The Kier molecular flexibility index (Phi) is 4.92. The second kappa shape index (κ2) is 7.00. The molecule has 2 N–H and O–H groups in total. The summed E-state index contributed by atoms with van der Waals surface area (Å²) in [6, 6.07) is 3.78. The minimum atomic E-state index is -3.75. The first kappa shape index (κ1) is 18.3. The van der Waals surface area contributed by atoms with Crippen LogP contribution in [0.15, 0.2) is 23.1 Å². The zero-order valence-corrected chi connectivity index (χ0v) is 15.3. The van der Waals surface area contributed by atoms with Crippen LogP contribution in [0.1, 0.15) is 25.0 Å². The Balaban J connectivity index is 1.84. The van der Waals surface area contributed by atoms with Gasteiger partial charge in [0.05, 0.1) is 16.4 Å². The SMILES string of the molecule is CCc1nc2n(n1)CC(Nc1ccc(S(=O)(=O)NC)cc1[N+](=O)[O-])CC2. The van der Waals surface area contributed by atoms with Crippen molar-refractivity contribution < 1.29 is 13.3 Å². The standard InChI is InChI=1S/C15H20N6O4S/c1-3-14-18-15-7-4-10(9-20(15)19-14)17-12-6-5-11(26(24,25)16-2)8-13(12)21(22)23/h5-6,8,10,16-17H,3-4,7,9H2,1-2H3. The molecule has 10 nitrogen and oxygen atoms in total. The molecule has 0 fully saturated rings. The van der Waals surface area contributed by atoms with Crippen molar-refractivity contribution in [2.45, 2.75) is 43.7 Å². The van der Waals surface area contributed by atoms with Crippen LogP contribution in [0.5, 0.6) is 0 Å². The Labute approximate surface area is 150 Å². The third kappa shape index (κ3) is 3.53. The van der Waals surface area contributed by atoms with Gasteiger partial charge >= 0.3 is 0 Å². The molecule has 0 saturated carbocycles. The fourth-order valence-corrected chi connectivity index (χ4v) is 3.67. The molecule has 0 radical (unpaired) electrons. The van der Waals surface area contributed by atoms with Crippen molar-refractivity contribution in [1.29, 1.82) is 0 Å². The van der Waals surface area contributed by atoms with Gasteiger partial charge in [-0.05, 0) is 25.6 Å². The number of nitrogens with zero attached hydrogens (tertiary/aromatic N) is 4. The van der Waals surface area contributed by atoms with E-state index in [1.165, 1.54) is 19.2 Å². The second-order valence-electron chi connectivity index (χ2n) is 6.00. The van der Waals surface area contributed by atoms with Crippen molar-refractivity contribution in [2.75, 3.05) is 12.4 Å². The van der Waals surface area contributed by atoms with Gasteiger partial charge in [0.25, 0.3) is 5.69 Å². The van der Waals surface area contributed by atoms with E-state index in [1.807, 2.05) is 11.6 Å². The van der Waals surface area contributed by atoms with E-state index in [0.29, 0.717) is 6.54 Å². The molecule has 0 spiro atoms. The largest absolute Gasteiger partial charge is 0.375 e. The summed E-state index contributed by atoms with van der Waals surface area (Å²) in [4.78, 5) is 15.1. The smallest absolute Gasteiger partial charge is 0.293 e. The molecule has 26 heavy (non-hydrogen) atoms. The number of fused-ring (bicyclic) bond motifs is 1. The highest BCUT2D eigenvalue weighted by Crippen LogP contribution is 2.29. The number of sulfonamides is 1.